The summed E-state index contributed by atoms with van der Waals surface area (Å²) in [7, 11) is 0. The molecule has 0 unspecified atom stereocenters. The Morgan fingerprint density at radius 3 is 2.73 bits per heavy atom. The van der Waals surface area contributed by atoms with Gasteiger partial charge in [-0.15, -0.1) is 0 Å². The lowest BCUT2D eigenvalue weighted by atomic mass is 9.81. The maximum absolute atomic E-state index is 13.4. The van der Waals surface area contributed by atoms with Crippen molar-refractivity contribution < 1.29 is 9.59 Å². The van der Waals surface area contributed by atoms with Crippen molar-refractivity contribution in [3.8, 4) is 0 Å². The van der Waals surface area contributed by atoms with Gasteiger partial charge in [-0.2, -0.15) is 5.10 Å². The van der Waals surface area contributed by atoms with Crippen molar-refractivity contribution in [2.45, 2.75) is 44.6 Å². The van der Waals surface area contributed by atoms with Gasteiger partial charge in [-0.25, -0.2) is 4.98 Å². The zero-order valence-electron chi connectivity index (χ0n) is 18.8. The first-order valence-electron chi connectivity index (χ1n) is 11.5. The number of piperidine rings is 1. The van der Waals surface area contributed by atoms with Gasteiger partial charge in [-0.05, 0) is 56.7 Å². The molecule has 2 aliphatic rings. The predicted octanol–water partition coefficient (Wildman–Crippen LogP) is 3.01. The number of anilines is 3. The number of nitrogen functional groups attached to an aromatic ring is 1. The maximum atomic E-state index is 13.4. The lowest BCUT2D eigenvalue weighted by molar-refractivity contribution is -0.149. The Balaban J connectivity index is 1.41. The summed E-state index contributed by atoms with van der Waals surface area (Å²) >= 11 is 0. The van der Waals surface area contributed by atoms with E-state index in [1.807, 2.05) is 0 Å². The lowest BCUT2D eigenvalue weighted by Crippen LogP contribution is -2.53. The summed E-state index contributed by atoms with van der Waals surface area (Å²) in [6.07, 6.45) is 8.08. The molecule has 2 fully saturated rings. The number of likely N-dealkylation sites (tertiary alicyclic amines) is 1. The summed E-state index contributed by atoms with van der Waals surface area (Å²) in [5.74, 6) is -0.931. The minimum atomic E-state index is -0.693. The van der Waals surface area contributed by atoms with Gasteiger partial charge in [-0.1, -0.05) is 12.1 Å². The van der Waals surface area contributed by atoms with Gasteiger partial charge < -0.3 is 20.9 Å². The summed E-state index contributed by atoms with van der Waals surface area (Å²) in [5, 5.41) is 10.1. The number of nitrogens with two attached hydrogens (primary N) is 1. The van der Waals surface area contributed by atoms with Crippen LogP contribution >= 0.6 is 0 Å². The third-order valence-electron chi connectivity index (χ3n) is 7.04. The number of hydrogen-bond acceptors (Lipinski definition) is 6. The minimum Gasteiger partial charge on any atom is -0.383 e. The number of nitrogens with one attached hydrogen (secondary N) is 2. The summed E-state index contributed by atoms with van der Waals surface area (Å²) in [6, 6.07) is 8.44. The molecule has 0 saturated carbocycles. The normalized spacial score (nSPS) is 20.9. The molecule has 33 heavy (non-hydrogen) atoms. The van der Waals surface area contributed by atoms with E-state index in [0.29, 0.717) is 29.0 Å². The van der Waals surface area contributed by atoms with E-state index in [0.717, 1.165) is 37.9 Å². The van der Waals surface area contributed by atoms with Crippen molar-refractivity contribution in [1.82, 2.24) is 20.1 Å². The van der Waals surface area contributed by atoms with Crippen molar-refractivity contribution in [3.63, 3.8) is 0 Å². The number of carbonyl (C=O) groups excluding carboxylic acids is 2. The van der Waals surface area contributed by atoms with Crippen molar-refractivity contribution in [3.05, 3.63) is 42.2 Å². The van der Waals surface area contributed by atoms with Crippen molar-refractivity contribution in [2.24, 2.45) is 0 Å². The van der Waals surface area contributed by atoms with E-state index in [1.54, 1.807) is 11.1 Å². The van der Waals surface area contributed by atoms with Crippen LogP contribution in [0.4, 0.5) is 17.2 Å². The first-order valence-corrected chi connectivity index (χ1v) is 11.5. The molecule has 1 atom stereocenters. The average Bonchev–Trinajstić information content (AvgIpc) is 3.54. The number of carbonyl (C=O) groups is 2. The molecule has 2 amide bonds. The van der Waals surface area contributed by atoms with Crippen molar-refractivity contribution >= 4 is 39.9 Å². The van der Waals surface area contributed by atoms with Gasteiger partial charge in [0, 0.05) is 25.3 Å². The monoisotopic (exact) mass is 447 g/mol. The summed E-state index contributed by atoms with van der Waals surface area (Å²) in [6.45, 7) is 4.72. The molecule has 9 nitrogen and oxygen atoms in total. The zero-order valence-corrected chi connectivity index (χ0v) is 18.8. The molecule has 2 saturated heterocycles. The SMILES string of the molecule is C[C@@]1(c2cccc(N3CCCC3)c2)CCCCN1C(=O)C(=O)Nc1cnc(N)c2cn[nH]c12. The molecule has 0 bridgehead atoms. The molecule has 2 aliphatic heterocycles. The van der Waals surface area contributed by atoms with Crippen molar-refractivity contribution in [2.75, 3.05) is 35.6 Å². The number of pyridine rings is 1. The zero-order chi connectivity index (χ0) is 23.0. The van der Waals surface area contributed by atoms with Gasteiger partial charge >= 0.3 is 11.8 Å². The Hall–Kier alpha value is -3.62. The fourth-order valence-electron chi connectivity index (χ4n) is 5.11. The van der Waals surface area contributed by atoms with E-state index in [2.05, 4.69) is 56.6 Å². The van der Waals surface area contributed by atoms with Gasteiger partial charge in [0.15, 0.2) is 0 Å². The topological polar surface area (TPSA) is 120 Å². The molecule has 0 radical (unpaired) electrons. The number of aromatic amines is 1. The number of nitrogens with zero attached hydrogens (tertiary/aromatic N) is 4. The predicted molar refractivity (Wildman–Crippen MR) is 128 cm³/mol. The highest BCUT2D eigenvalue weighted by molar-refractivity contribution is 6.40. The Kier molecular flexibility index (Phi) is 5.39. The Labute approximate surface area is 192 Å². The Morgan fingerprint density at radius 1 is 1.12 bits per heavy atom. The third-order valence-corrected chi connectivity index (χ3v) is 7.04. The smallest absolute Gasteiger partial charge is 0.314 e. The molecule has 3 aromatic rings. The molecule has 0 spiro atoms. The van der Waals surface area contributed by atoms with E-state index < -0.39 is 17.4 Å². The number of benzene rings is 1. The third kappa shape index (κ3) is 3.77. The van der Waals surface area contributed by atoms with E-state index in [1.165, 1.54) is 24.7 Å². The van der Waals surface area contributed by atoms with Gasteiger partial charge in [0.1, 0.15) is 5.82 Å². The van der Waals surface area contributed by atoms with E-state index in [4.69, 9.17) is 5.73 Å². The van der Waals surface area contributed by atoms with E-state index in [9.17, 15) is 9.59 Å². The Morgan fingerprint density at radius 2 is 1.91 bits per heavy atom. The molecule has 5 rings (SSSR count). The van der Waals surface area contributed by atoms with Gasteiger partial charge in [0.25, 0.3) is 0 Å². The Bertz CT molecular complexity index is 1200. The number of rotatable bonds is 3. The number of H-pyrrole nitrogens is 1. The maximum Gasteiger partial charge on any atom is 0.314 e. The molecular formula is C24H29N7O2. The molecule has 4 N–H and O–H groups in total. The lowest BCUT2D eigenvalue weighted by Gasteiger charge is -2.45. The quantitative estimate of drug-likeness (QED) is 0.531. The van der Waals surface area contributed by atoms with Crippen LogP contribution in [0.15, 0.2) is 36.7 Å². The molecule has 172 valence electrons. The van der Waals surface area contributed by atoms with Crippen LogP contribution in [-0.4, -0.2) is 51.5 Å². The first-order chi connectivity index (χ1) is 16.0. The van der Waals surface area contributed by atoms with E-state index in [-0.39, 0.29) is 0 Å². The van der Waals surface area contributed by atoms with E-state index >= 15 is 0 Å². The first kappa shape index (κ1) is 21.2. The highest BCUT2D eigenvalue weighted by atomic mass is 16.2. The van der Waals surface area contributed by atoms with Crippen LogP contribution in [0.2, 0.25) is 0 Å². The average molecular weight is 448 g/mol. The standard InChI is InChI=1S/C24H29N7O2/c1-24(16-7-6-8-17(13-16)30-10-4-5-11-30)9-2-3-12-31(24)23(33)22(32)28-19-15-26-21(25)18-14-27-29-20(18)19/h6-8,13-15H,2-5,9-12H2,1H3,(H2,25,26)(H,27,29)(H,28,32)/t24-/m0/s1. The summed E-state index contributed by atoms with van der Waals surface area (Å²) < 4.78 is 0. The second-order valence-electron chi connectivity index (χ2n) is 9.10. The van der Waals surface area contributed by atoms with Crippen LogP contribution in [-0.2, 0) is 15.1 Å². The summed E-state index contributed by atoms with van der Waals surface area (Å²) in [5.41, 5.74) is 8.50. The second kappa shape index (κ2) is 8.38. The van der Waals surface area contributed by atoms with Crippen LogP contribution < -0.4 is 16.0 Å². The molecule has 4 heterocycles. The molecule has 2 aromatic heterocycles. The van der Waals surface area contributed by atoms with Crippen LogP contribution in [0.1, 0.15) is 44.6 Å². The van der Waals surface area contributed by atoms with Gasteiger partial charge in [0.05, 0.1) is 34.5 Å². The fourth-order valence-corrected chi connectivity index (χ4v) is 5.11. The van der Waals surface area contributed by atoms with Crippen molar-refractivity contribution in [1.29, 1.82) is 0 Å². The number of aromatic nitrogens is 3. The number of fused-ring (bicyclic) bond motifs is 1. The minimum absolute atomic E-state index is 0.310. The van der Waals surface area contributed by atoms with Crippen LogP contribution in [0.5, 0.6) is 0 Å². The van der Waals surface area contributed by atoms with Crippen LogP contribution in [0, 0.1) is 0 Å². The fraction of sp³-hybridized carbons (Fsp3) is 0.417. The molecule has 0 aliphatic carbocycles. The molecular weight excluding hydrogens is 418 g/mol. The highest BCUT2D eigenvalue weighted by Crippen LogP contribution is 2.39. The van der Waals surface area contributed by atoms with Crippen LogP contribution in [0.25, 0.3) is 10.9 Å². The molecule has 9 heteroatoms. The van der Waals surface area contributed by atoms with Gasteiger partial charge in [0.2, 0.25) is 0 Å². The van der Waals surface area contributed by atoms with Gasteiger partial charge in [-0.3, -0.25) is 14.7 Å². The summed E-state index contributed by atoms with van der Waals surface area (Å²) in [4.78, 5) is 34.7. The second-order valence-corrected chi connectivity index (χ2v) is 9.10. The number of hydrogen-bond donors (Lipinski definition) is 3. The van der Waals surface area contributed by atoms with Crippen LogP contribution in [0.3, 0.4) is 0 Å². The largest absolute Gasteiger partial charge is 0.383 e. The molecule has 1 aromatic carbocycles. The number of amides is 2. The highest BCUT2D eigenvalue weighted by Gasteiger charge is 2.41.